The number of fused-ring (bicyclic) bond motifs is 1. The molecule has 1 aliphatic rings. The normalized spacial score (nSPS) is 17.0. The van der Waals surface area contributed by atoms with Gasteiger partial charge < -0.3 is 14.9 Å². The summed E-state index contributed by atoms with van der Waals surface area (Å²) in [7, 11) is 0. The maximum atomic E-state index is 12.8. The van der Waals surface area contributed by atoms with Crippen molar-refractivity contribution >= 4 is 22.4 Å². The van der Waals surface area contributed by atoms with Gasteiger partial charge in [-0.25, -0.2) is 4.79 Å². The van der Waals surface area contributed by atoms with E-state index in [4.69, 9.17) is 4.52 Å². The number of hydrogen-bond donors (Lipinski definition) is 2. The molecule has 0 aliphatic heterocycles. The Balaban J connectivity index is 1.84. The highest BCUT2D eigenvalue weighted by Crippen LogP contribution is 2.31. The molecular formula is C21H24N2O4. The highest BCUT2D eigenvalue weighted by Gasteiger charge is 2.37. The van der Waals surface area contributed by atoms with Crippen LogP contribution in [0, 0.1) is 24.7 Å². The first-order valence-corrected chi connectivity index (χ1v) is 9.31. The van der Waals surface area contributed by atoms with E-state index in [-0.39, 0.29) is 0 Å². The summed E-state index contributed by atoms with van der Waals surface area (Å²) in [5.41, 5.74) is -1.23. The van der Waals surface area contributed by atoms with E-state index in [1.807, 2.05) is 0 Å². The van der Waals surface area contributed by atoms with Gasteiger partial charge in [-0.05, 0) is 44.4 Å². The summed E-state index contributed by atoms with van der Waals surface area (Å²) in [6.07, 6.45) is 5.81. The van der Waals surface area contributed by atoms with Crippen LogP contribution in [0.2, 0.25) is 0 Å². The van der Waals surface area contributed by atoms with Crippen LogP contribution in [-0.2, 0) is 4.79 Å². The molecule has 1 heterocycles. The van der Waals surface area contributed by atoms with E-state index in [2.05, 4.69) is 22.3 Å². The fraction of sp³-hybridized carbons (Fsp3) is 0.476. The Morgan fingerprint density at radius 2 is 2.07 bits per heavy atom. The molecule has 0 saturated heterocycles. The number of carbonyl (C=O) groups excluding carboxylic acids is 1. The Labute approximate surface area is 157 Å². The molecule has 2 aromatic rings. The third kappa shape index (κ3) is 4.20. The molecule has 0 radical (unpaired) electrons. The third-order valence-corrected chi connectivity index (χ3v) is 5.17. The summed E-state index contributed by atoms with van der Waals surface area (Å²) in [6.45, 7) is 3.34. The zero-order valence-electron chi connectivity index (χ0n) is 15.7. The number of benzene rings is 1. The van der Waals surface area contributed by atoms with Crippen molar-refractivity contribution in [2.45, 2.75) is 58.0 Å². The highest BCUT2D eigenvalue weighted by molar-refractivity contribution is 6.01. The average Bonchev–Trinajstić information content (AvgIpc) is 2.66. The van der Waals surface area contributed by atoms with Gasteiger partial charge in [-0.15, -0.1) is 5.92 Å². The maximum Gasteiger partial charge on any atom is 0.366 e. The Bertz CT molecular complexity index is 964. The molecule has 1 amide bonds. The summed E-state index contributed by atoms with van der Waals surface area (Å²) in [6, 6.07) is 4.85. The molecule has 1 aromatic heterocycles. The SMILES string of the molecule is CC#CC(O)(CC1CCCCC1)C(=O)Nc1ccc2c(=O)onc(C)c2c1. The number of amides is 1. The summed E-state index contributed by atoms with van der Waals surface area (Å²) in [5.74, 6) is 5.13. The van der Waals surface area contributed by atoms with Crippen molar-refractivity contribution in [3.8, 4) is 11.8 Å². The van der Waals surface area contributed by atoms with Crippen LogP contribution in [0.15, 0.2) is 27.5 Å². The van der Waals surface area contributed by atoms with Crippen molar-refractivity contribution < 1.29 is 14.4 Å². The zero-order chi connectivity index (χ0) is 19.4. The number of anilines is 1. The Morgan fingerprint density at radius 1 is 1.33 bits per heavy atom. The van der Waals surface area contributed by atoms with Crippen molar-refractivity contribution in [3.63, 3.8) is 0 Å². The molecule has 1 aromatic carbocycles. The monoisotopic (exact) mass is 368 g/mol. The molecule has 0 bridgehead atoms. The molecular weight excluding hydrogens is 344 g/mol. The number of aliphatic hydroxyl groups is 1. The summed E-state index contributed by atoms with van der Waals surface area (Å²) in [5, 5.41) is 18.4. The van der Waals surface area contributed by atoms with Gasteiger partial charge in [-0.3, -0.25) is 4.79 Å². The van der Waals surface area contributed by atoms with Gasteiger partial charge in [0, 0.05) is 11.1 Å². The lowest BCUT2D eigenvalue weighted by Crippen LogP contribution is -2.43. The second kappa shape index (κ2) is 7.93. The average molecular weight is 368 g/mol. The van der Waals surface area contributed by atoms with Gasteiger partial charge in [0.15, 0.2) is 0 Å². The molecule has 0 spiro atoms. The standard InChI is InChI=1S/C21H24N2O4/c1-3-11-21(26,13-15-7-5-4-6-8-15)20(25)22-16-9-10-17-18(12-16)14(2)23-27-19(17)24/h9-10,12,15,26H,4-8,13H2,1-2H3,(H,22,25). The van der Waals surface area contributed by atoms with Crippen molar-refractivity contribution in [1.82, 2.24) is 5.16 Å². The van der Waals surface area contributed by atoms with Crippen molar-refractivity contribution in [2.24, 2.45) is 5.92 Å². The van der Waals surface area contributed by atoms with Crippen LogP contribution in [0.5, 0.6) is 0 Å². The van der Waals surface area contributed by atoms with Gasteiger partial charge in [-0.1, -0.05) is 43.2 Å². The minimum Gasteiger partial charge on any atom is -0.369 e. The van der Waals surface area contributed by atoms with Crippen molar-refractivity contribution in [1.29, 1.82) is 0 Å². The maximum absolute atomic E-state index is 12.8. The Morgan fingerprint density at radius 3 is 2.78 bits per heavy atom. The van der Waals surface area contributed by atoms with Crippen LogP contribution in [0.1, 0.15) is 51.1 Å². The predicted octanol–water partition coefficient (Wildman–Crippen LogP) is 3.16. The second-order valence-electron chi connectivity index (χ2n) is 7.21. The van der Waals surface area contributed by atoms with Crippen LogP contribution >= 0.6 is 0 Å². The van der Waals surface area contributed by atoms with Gasteiger partial charge >= 0.3 is 5.63 Å². The molecule has 1 saturated carbocycles. The predicted molar refractivity (Wildman–Crippen MR) is 103 cm³/mol. The summed E-state index contributed by atoms with van der Waals surface area (Å²) in [4.78, 5) is 24.6. The molecule has 1 atom stereocenters. The highest BCUT2D eigenvalue weighted by atomic mass is 16.5. The number of hydrogen-bond acceptors (Lipinski definition) is 5. The van der Waals surface area contributed by atoms with Crippen LogP contribution in [-0.4, -0.2) is 21.8 Å². The molecule has 3 rings (SSSR count). The minimum atomic E-state index is -1.73. The van der Waals surface area contributed by atoms with E-state index >= 15 is 0 Å². The first-order chi connectivity index (χ1) is 12.9. The first kappa shape index (κ1) is 19.1. The molecule has 142 valence electrons. The van der Waals surface area contributed by atoms with Crippen LogP contribution in [0.25, 0.3) is 10.8 Å². The largest absolute Gasteiger partial charge is 0.369 e. The lowest BCUT2D eigenvalue weighted by atomic mass is 9.80. The molecule has 6 nitrogen and oxygen atoms in total. The van der Waals surface area contributed by atoms with Crippen LogP contribution in [0.3, 0.4) is 0 Å². The Hall–Kier alpha value is -2.65. The number of nitrogens with zero attached hydrogens (tertiary/aromatic N) is 1. The van der Waals surface area contributed by atoms with Gasteiger partial charge in [0.2, 0.25) is 5.60 Å². The van der Waals surface area contributed by atoms with E-state index in [0.717, 1.165) is 25.7 Å². The quantitative estimate of drug-likeness (QED) is 0.809. The van der Waals surface area contributed by atoms with E-state index < -0.39 is 17.1 Å². The lowest BCUT2D eigenvalue weighted by molar-refractivity contribution is -0.130. The fourth-order valence-corrected chi connectivity index (χ4v) is 3.76. The van der Waals surface area contributed by atoms with E-state index in [9.17, 15) is 14.7 Å². The third-order valence-electron chi connectivity index (χ3n) is 5.17. The van der Waals surface area contributed by atoms with Gasteiger partial charge in [0.05, 0.1) is 11.1 Å². The number of nitrogens with one attached hydrogen (secondary N) is 1. The van der Waals surface area contributed by atoms with E-state index in [0.29, 0.717) is 34.5 Å². The summed E-state index contributed by atoms with van der Waals surface area (Å²) >= 11 is 0. The number of carbonyl (C=O) groups is 1. The fourth-order valence-electron chi connectivity index (χ4n) is 3.76. The zero-order valence-corrected chi connectivity index (χ0v) is 15.7. The lowest BCUT2D eigenvalue weighted by Gasteiger charge is -2.29. The summed E-state index contributed by atoms with van der Waals surface area (Å²) < 4.78 is 4.71. The molecule has 2 N–H and O–H groups in total. The van der Waals surface area contributed by atoms with E-state index in [1.54, 1.807) is 32.0 Å². The molecule has 1 fully saturated rings. The van der Waals surface area contributed by atoms with Crippen LogP contribution < -0.4 is 10.9 Å². The number of aryl methyl sites for hydroxylation is 1. The second-order valence-corrected chi connectivity index (χ2v) is 7.21. The van der Waals surface area contributed by atoms with Crippen molar-refractivity contribution in [3.05, 3.63) is 34.3 Å². The smallest absolute Gasteiger partial charge is 0.366 e. The number of aromatic nitrogens is 1. The molecule has 27 heavy (non-hydrogen) atoms. The van der Waals surface area contributed by atoms with Gasteiger partial charge in [0.1, 0.15) is 0 Å². The first-order valence-electron chi connectivity index (χ1n) is 9.31. The molecule has 6 heteroatoms. The topological polar surface area (TPSA) is 92.4 Å². The molecule has 1 aliphatic carbocycles. The minimum absolute atomic E-state index is 0.294. The Kier molecular flexibility index (Phi) is 5.62. The molecule has 1 unspecified atom stereocenters. The number of rotatable bonds is 4. The van der Waals surface area contributed by atoms with Crippen LogP contribution in [0.4, 0.5) is 5.69 Å². The van der Waals surface area contributed by atoms with Gasteiger partial charge in [0.25, 0.3) is 5.91 Å². The van der Waals surface area contributed by atoms with Crippen molar-refractivity contribution in [2.75, 3.05) is 5.32 Å². The van der Waals surface area contributed by atoms with Gasteiger partial charge in [-0.2, -0.15) is 0 Å². The van der Waals surface area contributed by atoms with E-state index in [1.165, 1.54) is 6.42 Å².